The Morgan fingerprint density at radius 1 is 0.971 bits per heavy atom. The molecule has 0 aromatic heterocycles. The normalized spacial score (nSPS) is 21.0. The molecule has 1 amide bonds. The first-order valence-electron chi connectivity index (χ1n) is 12.5. The molecule has 3 aliphatic rings. The monoisotopic (exact) mass is 502 g/mol. The molecule has 0 unspecified atom stereocenters. The first kappa shape index (κ1) is 25.3. The highest BCUT2D eigenvalue weighted by Crippen LogP contribution is 2.28. The predicted octanol–water partition coefficient (Wildman–Crippen LogP) is 5.25. The van der Waals surface area contributed by atoms with Crippen molar-refractivity contribution in [2.45, 2.75) is 39.0 Å². The maximum absolute atomic E-state index is 13.1. The number of piperazine rings is 1. The third-order valence-electron chi connectivity index (χ3n) is 7.00. The van der Waals surface area contributed by atoms with Crippen LogP contribution < -0.4 is 5.32 Å². The molecule has 2 fully saturated rings. The van der Waals surface area contributed by atoms with Crippen LogP contribution in [0.25, 0.3) is 0 Å². The summed E-state index contributed by atoms with van der Waals surface area (Å²) in [5.41, 5.74) is 3.69. The number of benzene rings is 1. The van der Waals surface area contributed by atoms with Crippen molar-refractivity contribution in [2.75, 3.05) is 52.4 Å². The maximum Gasteiger partial charge on any atom is 0.255 e. The summed E-state index contributed by atoms with van der Waals surface area (Å²) in [6, 6.07) is 7.03. The zero-order valence-electron chi connectivity index (χ0n) is 20.2. The molecule has 0 bridgehead atoms. The summed E-state index contributed by atoms with van der Waals surface area (Å²) in [4.78, 5) is 20.7. The largest absolute Gasteiger partial charge is 0.367 e. The summed E-state index contributed by atoms with van der Waals surface area (Å²) in [5, 5.41) is 4.34. The van der Waals surface area contributed by atoms with Crippen molar-refractivity contribution in [1.82, 2.24) is 20.0 Å². The molecule has 0 saturated carbocycles. The lowest BCUT2D eigenvalue weighted by Crippen LogP contribution is -2.49. The summed E-state index contributed by atoms with van der Waals surface area (Å²) >= 11 is 12.6. The van der Waals surface area contributed by atoms with Crippen molar-refractivity contribution >= 4 is 29.1 Å². The van der Waals surface area contributed by atoms with Gasteiger partial charge in [0.1, 0.15) is 0 Å². The number of piperidine rings is 1. The molecule has 0 atom stereocenters. The molecule has 1 aromatic rings. The number of carbonyl (C=O) groups excluding carboxylic acids is 1. The van der Waals surface area contributed by atoms with Crippen molar-refractivity contribution < 1.29 is 4.79 Å². The van der Waals surface area contributed by atoms with Gasteiger partial charge in [0.15, 0.2) is 0 Å². The third kappa shape index (κ3) is 6.88. The average molecular weight is 504 g/mol. The van der Waals surface area contributed by atoms with Gasteiger partial charge in [-0.25, -0.2) is 0 Å². The lowest BCUT2D eigenvalue weighted by atomic mass is 10.0. The fourth-order valence-electron chi connectivity index (χ4n) is 5.06. The average Bonchev–Trinajstić information content (AvgIpc) is 2.83. The Kier molecular flexibility index (Phi) is 9.12. The molecule has 0 radical (unpaired) electrons. The van der Waals surface area contributed by atoms with Crippen LogP contribution in [-0.2, 0) is 0 Å². The lowest BCUT2D eigenvalue weighted by Gasteiger charge is -2.40. The minimum absolute atomic E-state index is 0.177. The van der Waals surface area contributed by atoms with E-state index < -0.39 is 0 Å². The van der Waals surface area contributed by atoms with Crippen LogP contribution in [0, 0.1) is 0 Å². The van der Waals surface area contributed by atoms with Gasteiger partial charge >= 0.3 is 0 Å². The topological polar surface area (TPSA) is 38.8 Å². The molecule has 0 spiro atoms. The van der Waals surface area contributed by atoms with Crippen LogP contribution in [0.15, 0.2) is 58.4 Å². The third-order valence-corrected chi connectivity index (χ3v) is 7.50. The van der Waals surface area contributed by atoms with Crippen molar-refractivity contribution in [1.29, 1.82) is 0 Å². The van der Waals surface area contributed by atoms with Gasteiger partial charge in [-0.2, -0.15) is 0 Å². The summed E-state index contributed by atoms with van der Waals surface area (Å²) in [5.74, 6) is -0.177. The Balaban J connectivity index is 1.44. The van der Waals surface area contributed by atoms with E-state index in [1.54, 1.807) is 24.3 Å². The van der Waals surface area contributed by atoms with Crippen molar-refractivity contribution in [3.63, 3.8) is 0 Å². The Labute approximate surface area is 214 Å². The maximum atomic E-state index is 13.1. The van der Waals surface area contributed by atoms with Gasteiger partial charge in [-0.1, -0.05) is 41.8 Å². The molecule has 4 rings (SSSR count). The van der Waals surface area contributed by atoms with E-state index in [-0.39, 0.29) is 5.91 Å². The van der Waals surface area contributed by atoms with E-state index in [0.717, 1.165) is 57.0 Å². The predicted molar refractivity (Wildman–Crippen MR) is 141 cm³/mol. The number of amides is 1. The number of allylic oxidation sites excluding steroid dienone is 4. The molecule has 1 aromatic carbocycles. The lowest BCUT2D eigenvalue weighted by molar-refractivity contribution is 0.0961. The van der Waals surface area contributed by atoms with Crippen LogP contribution >= 0.6 is 23.2 Å². The van der Waals surface area contributed by atoms with Gasteiger partial charge in [0.25, 0.3) is 5.91 Å². The van der Waals surface area contributed by atoms with Crippen LogP contribution in [0.1, 0.15) is 49.4 Å². The number of hydrogen-bond donors (Lipinski definition) is 1. The van der Waals surface area contributed by atoms with E-state index in [2.05, 4.69) is 26.9 Å². The Bertz CT molecular complexity index is 957. The standard InChI is InChI=1S/C27H36Cl2N4O/c1-21-7-5-9-24(29)20-25(30-27(34)22-8-6-10-23(28)19-22)26(21)33-17-15-32(16-18-33)14-13-31-11-3-2-4-12-31/h6,8-10,19-20H,2-5,7,11-18H2,1H3,(H,30,34). The van der Waals surface area contributed by atoms with E-state index >= 15 is 0 Å². The summed E-state index contributed by atoms with van der Waals surface area (Å²) < 4.78 is 0. The van der Waals surface area contributed by atoms with Crippen molar-refractivity contribution in [3.8, 4) is 0 Å². The smallest absolute Gasteiger partial charge is 0.255 e. The summed E-state index contributed by atoms with van der Waals surface area (Å²) in [7, 11) is 0. The fraction of sp³-hybridized carbons (Fsp3) is 0.519. The van der Waals surface area contributed by atoms with Gasteiger partial charge in [-0.15, -0.1) is 0 Å². The van der Waals surface area contributed by atoms with E-state index in [9.17, 15) is 4.79 Å². The van der Waals surface area contributed by atoms with Gasteiger partial charge in [-0.3, -0.25) is 9.69 Å². The second kappa shape index (κ2) is 12.3. The number of halogens is 2. The Hall–Kier alpha value is -1.79. The van der Waals surface area contributed by atoms with Crippen molar-refractivity contribution in [2.24, 2.45) is 0 Å². The second-order valence-corrected chi connectivity index (χ2v) is 10.4. The highest BCUT2D eigenvalue weighted by Gasteiger charge is 2.25. The van der Waals surface area contributed by atoms with Gasteiger partial charge < -0.3 is 15.1 Å². The summed E-state index contributed by atoms with van der Waals surface area (Å²) in [6.07, 6.45) is 9.80. The van der Waals surface area contributed by atoms with Gasteiger partial charge in [0, 0.05) is 54.9 Å². The molecule has 5 nitrogen and oxygen atoms in total. The molecule has 2 aliphatic heterocycles. The molecule has 1 aliphatic carbocycles. The van der Waals surface area contributed by atoms with E-state index in [1.165, 1.54) is 44.5 Å². The van der Waals surface area contributed by atoms with Crippen LogP contribution in [-0.4, -0.2) is 73.0 Å². The minimum atomic E-state index is -0.177. The molecular formula is C27H36Cl2N4O. The van der Waals surface area contributed by atoms with Gasteiger partial charge in [0.05, 0.1) is 11.4 Å². The zero-order chi connectivity index (χ0) is 23.9. The fourth-order valence-corrected chi connectivity index (χ4v) is 5.47. The number of nitrogens with zero attached hydrogens (tertiary/aromatic N) is 3. The minimum Gasteiger partial charge on any atom is -0.367 e. The van der Waals surface area contributed by atoms with Crippen LogP contribution in [0.3, 0.4) is 0 Å². The van der Waals surface area contributed by atoms with Crippen LogP contribution in [0.5, 0.6) is 0 Å². The first-order chi connectivity index (χ1) is 16.5. The second-order valence-electron chi connectivity index (χ2n) is 9.51. The van der Waals surface area contributed by atoms with Gasteiger partial charge in [0.2, 0.25) is 0 Å². The zero-order valence-corrected chi connectivity index (χ0v) is 21.7. The number of nitrogens with one attached hydrogen (secondary N) is 1. The van der Waals surface area contributed by atoms with Crippen LogP contribution in [0.4, 0.5) is 0 Å². The highest BCUT2D eigenvalue weighted by molar-refractivity contribution is 6.31. The molecule has 184 valence electrons. The van der Waals surface area contributed by atoms with E-state index in [0.29, 0.717) is 15.6 Å². The SMILES string of the molecule is CC1=C(N2CCN(CCN3CCCCC3)CC2)C(NC(=O)c2cccc(Cl)c2)=CC(Cl)=CCC1. The van der Waals surface area contributed by atoms with E-state index in [1.807, 2.05) is 12.2 Å². The first-order valence-corrected chi connectivity index (χ1v) is 13.3. The quantitative estimate of drug-likeness (QED) is 0.576. The number of hydrogen-bond acceptors (Lipinski definition) is 4. The van der Waals surface area contributed by atoms with E-state index in [4.69, 9.17) is 23.2 Å². The molecular weight excluding hydrogens is 467 g/mol. The number of carbonyl (C=O) groups is 1. The van der Waals surface area contributed by atoms with Gasteiger partial charge in [-0.05, 0) is 75.5 Å². The number of rotatable bonds is 6. The molecule has 2 saturated heterocycles. The molecule has 7 heteroatoms. The summed E-state index contributed by atoms with van der Waals surface area (Å²) in [6.45, 7) is 10.9. The Morgan fingerprint density at radius 3 is 2.38 bits per heavy atom. The Morgan fingerprint density at radius 2 is 1.68 bits per heavy atom. The molecule has 1 N–H and O–H groups in total. The van der Waals surface area contributed by atoms with Crippen molar-refractivity contribution in [3.05, 3.63) is 69.0 Å². The molecule has 34 heavy (non-hydrogen) atoms. The van der Waals surface area contributed by atoms with Crippen LogP contribution in [0.2, 0.25) is 5.02 Å². The number of likely N-dealkylation sites (tertiary alicyclic amines) is 1. The highest BCUT2D eigenvalue weighted by atomic mass is 35.5. The molecule has 2 heterocycles.